The third-order valence-corrected chi connectivity index (χ3v) is 4.32. The minimum Gasteiger partial charge on any atom is -0.332 e. The van der Waals surface area contributed by atoms with Gasteiger partial charge in [0.15, 0.2) is 0 Å². The summed E-state index contributed by atoms with van der Waals surface area (Å²) in [4.78, 5) is 14.7. The van der Waals surface area contributed by atoms with Gasteiger partial charge in [-0.25, -0.2) is 0 Å². The molecule has 0 aliphatic carbocycles. The Kier molecular flexibility index (Phi) is 3.98. The standard InChI is InChI=1S/C18H18ClNO/c1-13-4-6-15(7-5-13)18(21)20-12-2-3-17(20)14-8-10-16(19)11-9-14/h4-11,17H,2-3,12H2,1H3/t17-/m1/s1. The molecule has 1 aliphatic rings. The molecule has 1 fully saturated rings. The summed E-state index contributed by atoms with van der Waals surface area (Å²) in [5.41, 5.74) is 3.10. The van der Waals surface area contributed by atoms with E-state index in [1.165, 1.54) is 5.56 Å². The summed E-state index contributed by atoms with van der Waals surface area (Å²) in [5.74, 6) is 0.118. The van der Waals surface area contributed by atoms with E-state index in [1.807, 2.05) is 60.4 Å². The van der Waals surface area contributed by atoms with Gasteiger partial charge in [-0.1, -0.05) is 41.4 Å². The highest BCUT2D eigenvalue weighted by molar-refractivity contribution is 6.30. The van der Waals surface area contributed by atoms with Crippen LogP contribution in [0, 0.1) is 6.92 Å². The van der Waals surface area contributed by atoms with Gasteiger partial charge < -0.3 is 4.90 Å². The molecule has 1 aliphatic heterocycles. The van der Waals surface area contributed by atoms with Crippen molar-refractivity contribution >= 4 is 17.5 Å². The highest BCUT2D eigenvalue weighted by Gasteiger charge is 2.30. The molecule has 1 heterocycles. The molecule has 0 bridgehead atoms. The zero-order valence-corrected chi connectivity index (χ0v) is 12.8. The minimum atomic E-state index is 0.118. The number of likely N-dealkylation sites (tertiary alicyclic amines) is 1. The molecule has 1 saturated heterocycles. The summed E-state index contributed by atoms with van der Waals surface area (Å²) in [7, 11) is 0. The van der Waals surface area contributed by atoms with E-state index in [0.717, 1.165) is 35.5 Å². The van der Waals surface area contributed by atoms with E-state index < -0.39 is 0 Å². The Hall–Kier alpha value is -1.80. The summed E-state index contributed by atoms with van der Waals surface area (Å²) in [5, 5.41) is 0.730. The molecule has 108 valence electrons. The number of nitrogens with zero attached hydrogens (tertiary/aromatic N) is 1. The Morgan fingerprint density at radius 2 is 1.76 bits per heavy atom. The van der Waals surface area contributed by atoms with Gasteiger partial charge >= 0.3 is 0 Å². The Labute approximate surface area is 130 Å². The van der Waals surface area contributed by atoms with Crippen LogP contribution in [0.2, 0.25) is 5.02 Å². The van der Waals surface area contributed by atoms with Gasteiger partial charge in [0.05, 0.1) is 6.04 Å². The van der Waals surface area contributed by atoms with Crippen molar-refractivity contribution in [3.63, 3.8) is 0 Å². The van der Waals surface area contributed by atoms with Crippen molar-refractivity contribution in [1.29, 1.82) is 0 Å². The normalized spacial score (nSPS) is 18.0. The van der Waals surface area contributed by atoms with Crippen molar-refractivity contribution in [3.8, 4) is 0 Å². The molecule has 2 aromatic rings. The van der Waals surface area contributed by atoms with Crippen LogP contribution in [0.3, 0.4) is 0 Å². The van der Waals surface area contributed by atoms with Crippen LogP contribution in [0.4, 0.5) is 0 Å². The molecule has 0 spiro atoms. The Balaban J connectivity index is 1.85. The third kappa shape index (κ3) is 2.96. The number of carbonyl (C=O) groups excluding carboxylic acids is 1. The van der Waals surface area contributed by atoms with Crippen LogP contribution in [-0.4, -0.2) is 17.4 Å². The molecular formula is C18H18ClNO. The molecule has 2 aromatic carbocycles. The number of amides is 1. The van der Waals surface area contributed by atoms with E-state index in [0.29, 0.717) is 0 Å². The van der Waals surface area contributed by atoms with Crippen molar-refractivity contribution in [2.24, 2.45) is 0 Å². The molecule has 0 saturated carbocycles. The Morgan fingerprint density at radius 1 is 1.10 bits per heavy atom. The van der Waals surface area contributed by atoms with Gasteiger partial charge in [-0.3, -0.25) is 4.79 Å². The first-order valence-corrected chi connectivity index (χ1v) is 7.66. The number of hydrogen-bond acceptors (Lipinski definition) is 1. The zero-order chi connectivity index (χ0) is 14.8. The van der Waals surface area contributed by atoms with Gasteiger partial charge in [0.2, 0.25) is 0 Å². The van der Waals surface area contributed by atoms with Gasteiger partial charge in [-0.2, -0.15) is 0 Å². The number of benzene rings is 2. The zero-order valence-electron chi connectivity index (χ0n) is 12.1. The molecular weight excluding hydrogens is 282 g/mol. The molecule has 0 unspecified atom stereocenters. The van der Waals surface area contributed by atoms with Crippen LogP contribution in [-0.2, 0) is 0 Å². The minimum absolute atomic E-state index is 0.118. The van der Waals surface area contributed by atoms with Crippen molar-refractivity contribution in [1.82, 2.24) is 4.90 Å². The number of aryl methyl sites for hydroxylation is 1. The smallest absolute Gasteiger partial charge is 0.254 e. The van der Waals surface area contributed by atoms with Crippen LogP contribution in [0.15, 0.2) is 48.5 Å². The van der Waals surface area contributed by atoms with Gasteiger partial charge in [-0.15, -0.1) is 0 Å². The average molecular weight is 300 g/mol. The number of hydrogen-bond donors (Lipinski definition) is 0. The lowest BCUT2D eigenvalue weighted by atomic mass is 10.0. The molecule has 3 rings (SSSR count). The van der Waals surface area contributed by atoms with Crippen molar-refractivity contribution in [3.05, 3.63) is 70.2 Å². The van der Waals surface area contributed by atoms with Gasteiger partial charge in [0.25, 0.3) is 5.91 Å². The first-order chi connectivity index (χ1) is 10.1. The second kappa shape index (κ2) is 5.90. The van der Waals surface area contributed by atoms with E-state index in [4.69, 9.17) is 11.6 Å². The summed E-state index contributed by atoms with van der Waals surface area (Å²) in [6.07, 6.45) is 2.06. The third-order valence-electron chi connectivity index (χ3n) is 4.07. The predicted molar refractivity (Wildman–Crippen MR) is 85.6 cm³/mol. The molecule has 21 heavy (non-hydrogen) atoms. The molecule has 0 N–H and O–H groups in total. The van der Waals surface area contributed by atoms with Crippen LogP contribution < -0.4 is 0 Å². The van der Waals surface area contributed by atoms with E-state index in [-0.39, 0.29) is 11.9 Å². The fourth-order valence-electron chi connectivity index (χ4n) is 2.90. The Morgan fingerprint density at radius 3 is 2.43 bits per heavy atom. The topological polar surface area (TPSA) is 20.3 Å². The van der Waals surface area contributed by atoms with Gasteiger partial charge in [0.1, 0.15) is 0 Å². The monoisotopic (exact) mass is 299 g/mol. The molecule has 0 aromatic heterocycles. The predicted octanol–water partition coefficient (Wildman–Crippen LogP) is 4.63. The van der Waals surface area contributed by atoms with Gasteiger partial charge in [0, 0.05) is 17.1 Å². The summed E-state index contributed by atoms with van der Waals surface area (Å²) >= 11 is 5.95. The van der Waals surface area contributed by atoms with Crippen LogP contribution in [0.5, 0.6) is 0 Å². The fourth-order valence-corrected chi connectivity index (χ4v) is 3.03. The lowest BCUT2D eigenvalue weighted by Crippen LogP contribution is -2.30. The van der Waals surface area contributed by atoms with Crippen LogP contribution in [0.1, 0.15) is 40.4 Å². The number of carbonyl (C=O) groups is 1. The fraction of sp³-hybridized carbons (Fsp3) is 0.278. The van der Waals surface area contributed by atoms with Crippen molar-refractivity contribution in [2.45, 2.75) is 25.8 Å². The van der Waals surface area contributed by atoms with E-state index in [1.54, 1.807) is 0 Å². The Bertz CT molecular complexity index is 633. The summed E-state index contributed by atoms with van der Waals surface area (Å²) < 4.78 is 0. The maximum absolute atomic E-state index is 12.7. The van der Waals surface area contributed by atoms with Gasteiger partial charge in [-0.05, 0) is 49.6 Å². The largest absolute Gasteiger partial charge is 0.332 e. The van der Waals surface area contributed by atoms with Crippen LogP contribution in [0.25, 0.3) is 0 Å². The highest BCUT2D eigenvalue weighted by Crippen LogP contribution is 2.33. The van der Waals surface area contributed by atoms with Crippen molar-refractivity contribution in [2.75, 3.05) is 6.54 Å². The lowest BCUT2D eigenvalue weighted by molar-refractivity contribution is 0.0735. The van der Waals surface area contributed by atoms with Crippen molar-refractivity contribution < 1.29 is 4.79 Å². The molecule has 1 atom stereocenters. The number of halogens is 1. The maximum Gasteiger partial charge on any atom is 0.254 e. The van der Waals surface area contributed by atoms with E-state index in [2.05, 4.69) is 0 Å². The SMILES string of the molecule is Cc1ccc(C(=O)N2CCC[C@@H]2c2ccc(Cl)cc2)cc1. The molecule has 0 radical (unpaired) electrons. The highest BCUT2D eigenvalue weighted by atomic mass is 35.5. The maximum atomic E-state index is 12.7. The first kappa shape index (κ1) is 14.2. The molecule has 1 amide bonds. The quantitative estimate of drug-likeness (QED) is 0.792. The second-order valence-electron chi connectivity index (χ2n) is 5.57. The summed E-state index contributed by atoms with van der Waals surface area (Å²) in [6, 6.07) is 15.8. The first-order valence-electron chi connectivity index (χ1n) is 7.28. The lowest BCUT2D eigenvalue weighted by Gasteiger charge is -2.25. The molecule has 2 nitrogen and oxygen atoms in total. The van der Waals surface area contributed by atoms with Crippen LogP contribution >= 0.6 is 11.6 Å². The van der Waals surface area contributed by atoms with E-state index in [9.17, 15) is 4.79 Å². The second-order valence-corrected chi connectivity index (χ2v) is 6.01. The summed E-state index contributed by atoms with van der Waals surface area (Å²) in [6.45, 7) is 2.85. The number of rotatable bonds is 2. The molecule has 3 heteroatoms. The van der Waals surface area contributed by atoms with E-state index >= 15 is 0 Å². The average Bonchev–Trinajstić information content (AvgIpc) is 2.97.